The van der Waals surface area contributed by atoms with E-state index in [1.807, 2.05) is 24.3 Å². The SMILES string of the molecule is CN(C)C(=O)CNC(=NCc1ccc(Br)cc1)NC1C2CCOC2C1(C)C.I. The number of halogens is 2. The smallest absolute Gasteiger partial charge is 0.241 e. The van der Waals surface area contributed by atoms with E-state index in [9.17, 15) is 4.79 Å². The van der Waals surface area contributed by atoms with Gasteiger partial charge < -0.3 is 20.3 Å². The summed E-state index contributed by atoms with van der Waals surface area (Å²) in [6, 6.07) is 8.40. The number of fused-ring (bicyclic) bond motifs is 1. The van der Waals surface area contributed by atoms with Gasteiger partial charge in [0, 0.05) is 42.5 Å². The van der Waals surface area contributed by atoms with Gasteiger partial charge >= 0.3 is 0 Å². The molecule has 1 aliphatic heterocycles. The fourth-order valence-corrected chi connectivity index (χ4v) is 4.26. The van der Waals surface area contributed by atoms with Gasteiger partial charge in [-0.1, -0.05) is 41.9 Å². The second-order valence-corrected chi connectivity index (χ2v) is 9.04. The molecule has 3 atom stereocenters. The van der Waals surface area contributed by atoms with Crippen LogP contribution in [0.5, 0.6) is 0 Å². The van der Waals surface area contributed by atoms with Gasteiger partial charge in [0.2, 0.25) is 5.91 Å². The molecule has 1 heterocycles. The lowest BCUT2D eigenvalue weighted by Crippen LogP contribution is -2.68. The Morgan fingerprint density at radius 3 is 2.64 bits per heavy atom. The number of carbonyl (C=O) groups excluding carboxylic acids is 1. The third-order valence-corrected chi connectivity index (χ3v) is 6.16. The van der Waals surface area contributed by atoms with Crippen molar-refractivity contribution in [2.24, 2.45) is 16.3 Å². The van der Waals surface area contributed by atoms with E-state index in [-0.39, 0.29) is 47.9 Å². The number of nitrogens with one attached hydrogen (secondary N) is 2. The maximum atomic E-state index is 12.0. The zero-order valence-corrected chi connectivity index (χ0v) is 20.8. The third-order valence-electron chi connectivity index (χ3n) is 5.63. The minimum absolute atomic E-state index is 0. The van der Waals surface area contributed by atoms with Crippen molar-refractivity contribution in [1.82, 2.24) is 15.5 Å². The van der Waals surface area contributed by atoms with Crippen LogP contribution in [0.2, 0.25) is 0 Å². The molecule has 1 aromatic rings. The summed E-state index contributed by atoms with van der Waals surface area (Å²) in [4.78, 5) is 18.3. The first-order valence-corrected chi connectivity index (χ1v) is 10.2. The summed E-state index contributed by atoms with van der Waals surface area (Å²) in [6.45, 7) is 6.06. The minimum Gasteiger partial charge on any atom is -0.377 e. The van der Waals surface area contributed by atoms with Crippen LogP contribution in [0.25, 0.3) is 0 Å². The Kier molecular flexibility index (Phi) is 8.16. The second-order valence-electron chi connectivity index (χ2n) is 8.12. The van der Waals surface area contributed by atoms with E-state index >= 15 is 0 Å². The van der Waals surface area contributed by atoms with Crippen LogP contribution in [0.3, 0.4) is 0 Å². The van der Waals surface area contributed by atoms with Gasteiger partial charge in [0.1, 0.15) is 0 Å². The van der Waals surface area contributed by atoms with Crippen molar-refractivity contribution in [3.05, 3.63) is 34.3 Å². The lowest BCUT2D eigenvalue weighted by atomic mass is 9.57. The van der Waals surface area contributed by atoms with Crippen molar-refractivity contribution >= 4 is 51.8 Å². The first-order valence-electron chi connectivity index (χ1n) is 9.40. The summed E-state index contributed by atoms with van der Waals surface area (Å²) in [5.74, 6) is 1.20. The number of benzene rings is 1. The van der Waals surface area contributed by atoms with Crippen LogP contribution >= 0.6 is 39.9 Å². The molecule has 156 valence electrons. The predicted molar refractivity (Wildman–Crippen MR) is 126 cm³/mol. The van der Waals surface area contributed by atoms with Gasteiger partial charge in [-0.25, -0.2) is 4.99 Å². The van der Waals surface area contributed by atoms with E-state index in [1.165, 1.54) is 0 Å². The number of amides is 1. The Morgan fingerprint density at radius 1 is 1.32 bits per heavy atom. The van der Waals surface area contributed by atoms with E-state index < -0.39 is 0 Å². The van der Waals surface area contributed by atoms with Gasteiger partial charge in [0.05, 0.1) is 19.2 Å². The number of hydrogen-bond donors (Lipinski definition) is 2. The Morgan fingerprint density at radius 2 is 2.00 bits per heavy atom. The first-order chi connectivity index (χ1) is 12.8. The molecule has 2 aliphatic rings. The number of guanidine groups is 1. The van der Waals surface area contributed by atoms with Crippen LogP contribution in [0.4, 0.5) is 0 Å². The maximum Gasteiger partial charge on any atom is 0.241 e. The predicted octanol–water partition coefficient (Wildman–Crippen LogP) is 3.00. The number of ether oxygens (including phenoxy) is 1. The van der Waals surface area contributed by atoms with E-state index in [0.717, 1.165) is 23.1 Å². The highest BCUT2D eigenvalue weighted by atomic mass is 127. The summed E-state index contributed by atoms with van der Waals surface area (Å²) in [7, 11) is 3.51. The number of nitrogens with zero attached hydrogens (tertiary/aromatic N) is 2. The summed E-state index contributed by atoms with van der Waals surface area (Å²) in [5.41, 5.74) is 1.17. The Bertz CT molecular complexity index is 709. The molecule has 1 aromatic carbocycles. The van der Waals surface area contributed by atoms with Crippen LogP contribution in [0.1, 0.15) is 25.8 Å². The van der Waals surface area contributed by atoms with Crippen LogP contribution < -0.4 is 10.6 Å². The van der Waals surface area contributed by atoms with E-state index in [1.54, 1.807) is 19.0 Å². The number of aliphatic imine (C=N–C) groups is 1. The third kappa shape index (κ3) is 5.18. The summed E-state index contributed by atoms with van der Waals surface area (Å²) in [5, 5.41) is 6.77. The standard InChI is InChI=1S/C20H29BrN4O2.HI/c1-20(2)17(15-9-10-27-18(15)20)24-19(23-12-16(26)25(3)4)22-11-13-5-7-14(21)8-6-13;/h5-8,15,17-18H,9-12H2,1-4H3,(H2,22,23,24);1H. The molecule has 3 rings (SSSR count). The fraction of sp³-hybridized carbons (Fsp3) is 0.600. The molecule has 8 heteroatoms. The number of likely N-dealkylation sites (N-methyl/N-ethyl adjacent to an activating group) is 1. The molecular weight excluding hydrogens is 535 g/mol. The molecule has 0 bridgehead atoms. The van der Waals surface area contributed by atoms with Crippen LogP contribution in [0.15, 0.2) is 33.7 Å². The molecule has 6 nitrogen and oxygen atoms in total. The molecule has 2 fully saturated rings. The van der Waals surface area contributed by atoms with Crippen LogP contribution in [0, 0.1) is 11.3 Å². The molecule has 1 saturated heterocycles. The Hall–Kier alpha value is -0.870. The molecular formula is C20H30BrIN4O2. The molecule has 2 N–H and O–H groups in total. The average Bonchev–Trinajstić information content (AvgIpc) is 3.09. The zero-order valence-electron chi connectivity index (χ0n) is 16.9. The number of hydrogen-bond acceptors (Lipinski definition) is 3. The summed E-state index contributed by atoms with van der Waals surface area (Å²) >= 11 is 3.45. The monoisotopic (exact) mass is 564 g/mol. The van der Waals surface area contributed by atoms with Crippen LogP contribution in [-0.4, -0.2) is 56.2 Å². The number of carbonyl (C=O) groups is 1. The molecule has 28 heavy (non-hydrogen) atoms. The van der Waals surface area contributed by atoms with Gasteiger partial charge in [-0.15, -0.1) is 24.0 Å². The molecule has 0 spiro atoms. The Balaban J connectivity index is 0.00000280. The van der Waals surface area contributed by atoms with Gasteiger partial charge in [-0.3, -0.25) is 4.79 Å². The zero-order chi connectivity index (χ0) is 19.6. The lowest BCUT2D eigenvalue weighted by molar-refractivity contribution is -0.127. The maximum absolute atomic E-state index is 12.0. The number of rotatable bonds is 5. The summed E-state index contributed by atoms with van der Waals surface area (Å²) < 4.78 is 6.93. The van der Waals surface area contributed by atoms with Gasteiger partial charge in [0.25, 0.3) is 0 Å². The highest BCUT2D eigenvalue weighted by molar-refractivity contribution is 14.0. The fourth-order valence-electron chi connectivity index (χ4n) is 3.99. The molecule has 0 aromatic heterocycles. The summed E-state index contributed by atoms with van der Waals surface area (Å²) in [6.07, 6.45) is 1.38. The van der Waals surface area contributed by atoms with E-state index in [0.29, 0.717) is 24.5 Å². The highest BCUT2D eigenvalue weighted by Crippen LogP contribution is 2.52. The molecule has 1 saturated carbocycles. The van der Waals surface area contributed by atoms with Gasteiger partial charge in [0.15, 0.2) is 5.96 Å². The van der Waals surface area contributed by atoms with Crippen molar-refractivity contribution in [3.63, 3.8) is 0 Å². The van der Waals surface area contributed by atoms with Crippen molar-refractivity contribution in [2.75, 3.05) is 27.2 Å². The quantitative estimate of drug-likeness (QED) is 0.328. The normalized spacial score (nSPS) is 25.2. The molecule has 1 aliphatic carbocycles. The molecule has 3 unspecified atom stereocenters. The molecule has 0 radical (unpaired) electrons. The van der Waals surface area contributed by atoms with Crippen molar-refractivity contribution < 1.29 is 9.53 Å². The van der Waals surface area contributed by atoms with Gasteiger partial charge in [-0.2, -0.15) is 0 Å². The highest BCUT2D eigenvalue weighted by Gasteiger charge is 2.59. The van der Waals surface area contributed by atoms with Crippen molar-refractivity contribution in [1.29, 1.82) is 0 Å². The second kappa shape index (κ2) is 9.75. The average molecular weight is 565 g/mol. The largest absolute Gasteiger partial charge is 0.377 e. The van der Waals surface area contributed by atoms with Crippen molar-refractivity contribution in [3.8, 4) is 0 Å². The van der Waals surface area contributed by atoms with Crippen molar-refractivity contribution in [2.45, 2.75) is 39.0 Å². The Labute approximate surface area is 193 Å². The van der Waals surface area contributed by atoms with E-state index in [2.05, 4.69) is 40.4 Å². The van der Waals surface area contributed by atoms with Gasteiger partial charge in [-0.05, 0) is 24.1 Å². The minimum atomic E-state index is 0. The topological polar surface area (TPSA) is 66.0 Å². The van der Waals surface area contributed by atoms with Crippen LogP contribution in [-0.2, 0) is 16.1 Å². The van der Waals surface area contributed by atoms with E-state index in [4.69, 9.17) is 9.73 Å². The molecule has 1 amide bonds. The first kappa shape index (κ1) is 23.4. The lowest BCUT2D eigenvalue weighted by Gasteiger charge is -2.54.